The lowest BCUT2D eigenvalue weighted by Gasteiger charge is -2.30. The van der Waals surface area contributed by atoms with E-state index in [1.165, 1.54) is 0 Å². The van der Waals surface area contributed by atoms with Gasteiger partial charge in [0.1, 0.15) is 0 Å². The number of hydrogen-bond acceptors (Lipinski definition) is 3. The number of benzene rings is 1. The van der Waals surface area contributed by atoms with E-state index in [9.17, 15) is 5.11 Å². The molecule has 0 aromatic heterocycles. The average Bonchev–Trinajstić information content (AvgIpc) is 2.48. The van der Waals surface area contributed by atoms with Crippen LogP contribution in [-0.4, -0.2) is 30.0 Å². The van der Waals surface area contributed by atoms with Gasteiger partial charge in [0.15, 0.2) is 0 Å². The predicted octanol–water partition coefficient (Wildman–Crippen LogP) is 2.84. The minimum absolute atomic E-state index is 0.134. The van der Waals surface area contributed by atoms with Crippen LogP contribution in [0.1, 0.15) is 24.8 Å². The van der Waals surface area contributed by atoms with Crippen LogP contribution in [0.2, 0.25) is 0 Å². The molecule has 1 aliphatic rings. The highest BCUT2D eigenvalue weighted by atomic mass is 16.5. The summed E-state index contributed by atoms with van der Waals surface area (Å²) in [5.41, 5.74) is 3.90. The Balaban J connectivity index is 1.88. The van der Waals surface area contributed by atoms with E-state index in [1.54, 1.807) is 6.08 Å². The summed E-state index contributed by atoms with van der Waals surface area (Å²) < 4.78 is 11.5. The van der Waals surface area contributed by atoms with Crippen LogP contribution in [0.5, 0.6) is 0 Å². The Labute approximate surface area is 120 Å². The van der Waals surface area contributed by atoms with Crippen LogP contribution in [0.4, 0.5) is 0 Å². The van der Waals surface area contributed by atoms with E-state index in [1.807, 2.05) is 30.3 Å². The largest absolute Gasteiger partial charge is 0.390 e. The van der Waals surface area contributed by atoms with Crippen molar-refractivity contribution in [3.8, 4) is 0 Å². The second kappa shape index (κ2) is 8.03. The molecule has 108 valence electrons. The molecule has 2 rings (SSSR count). The molecular formula is C17H22O3. The van der Waals surface area contributed by atoms with Gasteiger partial charge in [0.25, 0.3) is 0 Å². The summed E-state index contributed by atoms with van der Waals surface area (Å²) in [6, 6.07) is 10.0. The predicted molar refractivity (Wildman–Crippen MR) is 78.3 cm³/mol. The van der Waals surface area contributed by atoms with Crippen molar-refractivity contribution in [1.29, 1.82) is 0 Å². The zero-order valence-electron chi connectivity index (χ0n) is 11.7. The van der Waals surface area contributed by atoms with Gasteiger partial charge < -0.3 is 14.6 Å². The lowest BCUT2D eigenvalue weighted by molar-refractivity contribution is -0.0944. The van der Waals surface area contributed by atoms with Gasteiger partial charge in [-0.05, 0) is 24.5 Å². The molecular weight excluding hydrogens is 252 g/mol. The van der Waals surface area contributed by atoms with Crippen molar-refractivity contribution in [3.05, 3.63) is 54.3 Å². The van der Waals surface area contributed by atoms with Gasteiger partial charge >= 0.3 is 0 Å². The van der Waals surface area contributed by atoms with Gasteiger partial charge in [0.2, 0.25) is 0 Å². The Kier molecular flexibility index (Phi) is 6.03. The van der Waals surface area contributed by atoms with E-state index >= 15 is 0 Å². The highest BCUT2D eigenvalue weighted by molar-refractivity contribution is 5.13. The molecule has 0 spiro atoms. The minimum Gasteiger partial charge on any atom is -0.390 e. The fourth-order valence-corrected chi connectivity index (χ4v) is 2.37. The molecule has 0 bridgehead atoms. The number of ether oxygens (including phenoxy) is 2. The summed E-state index contributed by atoms with van der Waals surface area (Å²) in [5, 5.41) is 9.94. The maximum absolute atomic E-state index is 9.94. The first-order valence-corrected chi connectivity index (χ1v) is 7.10. The highest BCUT2D eigenvalue weighted by Crippen LogP contribution is 2.20. The molecule has 1 N–H and O–H groups in total. The molecule has 3 nitrogen and oxygen atoms in total. The SMILES string of the molecule is C=C=C[C@@H](C[C@H]1OCCC[C@@H]1O)OCc1ccccc1. The summed E-state index contributed by atoms with van der Waals surface area (Å²) in [7, 11) is 0. The summed E-state index contributed by atoms with van der Waals surface area (Å²) in [6.45, 7) is 4.85. The molecule has 1 heterocycles. The number of hydrogen-bond donors (Lipinski definition) is 1. The lowest BCUT2D eigenvalue weighted by atomic mass is 10.00. The van der Waals surface area contributed by atoms with Crippen molar-refractivity contribution >= 4 is 0 Å². The van der Waals surface area contributed by atoms with Gasteiger partial charge in [-0.3, -0.25) is 0 Å². The van der Waals surface area contributed by atoms with Crippen molar-refractivity contribution in [1.82, 2.24) is 0 Å². The van der Waals surface area contributed by atoms with E-state index < -0.39 is 6.10 Å². The molecule has 0 saturated carbocycles. The smallest absolute Gasteiger partial charge is 0.0861 e. The molecule has 3 atom stereocenters. The van der Waals surface area contributed by atoms with E-state index in [0.717, 1.165) is 18.4 Å². The molecule has 3 heteroatoms. The van der Waals surface area contributed by atoms with Crippen molar-refractivity contribution in [2.24, 2.45) is 0 Å². The summed E-state index contributed by atoms with van der Waals surface area (Å²) in [5.74, 6) is 0. The normalized spacial score (nSPS) is 23.9. The van der Waals surface area contributed by atoms with Crippen molar-refractivity contribution < 1.29 is 14.6 Å². The maximum Gasteiger partial charge on any atom is 0.0861 e. The Morgan fingerprint density at radius 2 is 2.25 bits per heavy atom. The molecule has 1 aromatic rings. The van der Waals surface area contributed by atoms with Gasteiger partial charge in [-0.1, -0.05) is 36.9 Å². The highest BCUT2D eigenvalue weighted by Gasteiger charge is 2.26. The molecule has 0 radical (unpaired) electrons. The van der Waals surface area contributed by atoms with Gasteiger partial charge in [-0.15, -0.1) is 5.73 Å². The fourth-order valence-electron chi connectivity index (χ4n) is 2.37. The van der Waals surface area contributed by atoms with Crippen LogP contribution in [0.25, 0.3) is 0 Å². The summed E-state index contributed by atoms with van der Waals surface area (Å²) >= 11 is 0. The molecule has 1 aromatic carbocycles. The summed E-state index contributed by atoms with van der Waals surface area (Å²) in [4.78, 5) is 0. The monoisotopic (exact) mass is 274 g/mol. The van der Waals surface area contributed by atoms with Gasteiger partial charge in [-0.2, -0.15) is 0 Å². The third-order valence-electron chi connectivity index (χ3n) is 3.48. The van der Waals surface area contributed by atoms with Crippen molar-refractivity contribution in [3.63, 3.8) is 0 Å². The zero-order chi connectivity index (χ0) is 14.2. The Bertz CT molecular complexity index is 437. The van der Waals surface area contributed by atoms with Crippen LogP contribution < -0.4 is 0 Å². The van der Waals surface area contributed by atoms with E-state index in [0.29, 0.717) is 19.6 Å². The molecule has 0 unspecified atom stereocenters. The van der Waals surface area contributed by atoms with E-state index in [4.69, 9.17) is 9.47 Å². The number of aliphatic hydroxyl groups is 1. The Morgan fingerprint density at radius 3 is 2.95 bits per heavy atom. The second-order valence-corrected chi connectivity index (χ2v) is 5.06. The quantitative estimate of drug-likeness (QED) is 0.811. The fraction of sp³-hybridized carbons (Fsp3) is 0.471. The maximum atomic E-state index is 9.94. The first kappa shape index (κ1) is 15.0. The zero-order valence-corrected chi connectivity index (χ0v) is 11.7. The Morgan fingerprint density at radius 1 is 1.45 bits per heavy atom. The standard InChI is InChI=1S/C17H22O3/c1-2-7-15(12-17-16(18)10-6-11-19-17)20-13-14-8-4-3-5-9-14/h3-5,7-9,15-18H,1,6,10-13H2/t15-,16-,17+/m0/s1. The van der Waals surface area contributed by atoms with Gasteiger partial charge in [-0.25, -0.2) is 0 Å². The third kappa shape index (κ3) is 4.62. The summed E-state index contributed by atoms with van der Waals surface area (Å²) in [6.07, 6.45) is 3.46. The number of aliphatic hydroxyl groups excluding tert-OH is 1. The topological polar surface area (TPSA) is 38.7 Å². The first-order valence-electron chi connectivity index (χ1n) is 7.10. The molecule has 20 heavy (non-hydrogen) atoms. The van der Waals surface area contributed by atoms with Crippen molar-refractivity contribution in [2.45, 2.75) is 44.2 Å². The minimum atomic E-state index is -0.398. The van der Waals surface area contributed by atoms with E-state index in [-0.39, 0.29) is 12.2 Å². The van der Waals surface area contributed by atoms with Crippen LogP contribution in [0.3, 0.4) is 0 Å². The van der Waals surface area contributed by atoms with Crippen LogP contribution in [-0.2, 0) is 16.1 Å². The molecule has 0 aliphatic carbocycles. The molecule has 1 saturated heterocycles. The van der Waals surface area contributed by atoms with Crippen LogP contribution >= 0.6 is 0 Å². The Hall–Kier alpha value is -1.38. The average molecular weight is 274 g/mol. The van der Waals surface area contributed by atoms with E-state index in [2.05, 4.69) is 12.3 Å². The van der Waals surface area contributed by atoms with Crippen LogP contribution in [0, 0.1) is 0 Å². The number of rotatable bonds is 6. The van der Waals surface area contributed by atoms with Crippen LogP contribution in [0.15, 0.2) is 48.7 Å². The third-order valence-corrected chi connectivity index (χ3v) is 3.48. The molecule has 1 aliphatic heterocycles. The molecule has 0 amide bonds. The van der Waals surface area contributed by atoms with Gasteiger partial charge in [0.05, 0.1) is 24.9 Å². The molecule has 1 fully saturated rings. The lowest BCUT2D eigenvalue weighted by Crippen LogP contribution is -2.36. The first-order chi connectivity index (χ1) is 9.79. The second-order valence-electron chi connectivity index (χ2n) is 5.06. The van der Waals surface area contributed by atoms with Crippen molar-refractivity contribution in [2.75, 3.05) is 6.61 Å². The van der Waals surface area contributed by atoms with Gasteiger partial charge in [0, 0.05) is 13.0 Å².